The van der Waals surface area contributed by atoms with E-state index in [-0.39, 0.29) is 17.4 Å². The number of carbonyl (C=O) groups is 1. The minimum atomic E-state index is -4.87. The number of anilines is 2. The highest BCUT2D eigenvalue weighted by atomic mass is 19.4. The molecule has 1 aliphatic heterocycles. The molecule has 13 heteroatoms. The number of carbonyl (C=O) groups excluding carboxylic acids is 1. The first-order chi connectivity index (χ1) is 18.6. The molecular formula is C26H23BF4N6O2. The van der Waals surface area contributed by atoms with Gasteiger partial charge >= 0.3 is 12.2 Å². The largest absolute Gasteiger partial charge is 0.507 e. The first-order valence-electron chi connectivity index (χ1n) is 12.2. The Hall–Kier alpha value is -4.29. The summed E-state index contributed by atoms with van der Waals surface area (Å²) in [6.45, 7) is 1.24. The van der Waals surface area contributed by atoms with E-state index >= 15 is 0 Å². The van der Waals surface area contributed by atoms with E-state index in [1.807, 2.05) is 0 Å². The first-order valence-corrected chi connectivity index (χ1v) is 12.2. The second-order valence-electron chi connectivity index (χ2n) is 9.34. The monoisotopic (exact) mass is 538 g/mol. The van der Waals surface area contributed by atoms with E-state index in [0.29, 0.717) is 66.4 Å². The van der Waals surface area contributed by atoms with E-state index in [4.69, 9.17) is 7.85 Å². The number of aromatic hydroxyl groups is 1. The summed E-state index contributed by atoms with van der Waals surface area (Å²) in [5, 5.41) is 20.4. The van der Waals surface area contributed by atoms with Gasteiger partial charge in [0, 0.05) is 43.1 Å². The standard InChI is InChI=1S/C26H23BF4N6O2/c27-19-13-33-37-23(11-21(35-24(19)37)17-5-1-2-6-22(17)38)32-12-15-4-3-9-36(14-15)25(39)34-16-7-8-20(28)18(10-16)26(29,30)31/h1-2,5-8,10-11,13,15,32,38H,3-4,9,12,14H2,(H,34,39). The van der Waals surface area contributed by atoms with Crippen molar-refractivity contribution >= 4 is 36.5 Å². The molecule has 1 saturated heterocycles. The van der Waals surface area contributed by atoms with Crippen LogP contribution in [-0.4, -0.2) is 58.1 Å². The molecule has 200 valence electrons. The number of hydrogen-bond donors (Lipinski definition) is 3. The lowest BCUT2D eigenvalue weighted by atomic mass is 9.98. The molecule has 4 aromatic rings. The average Bonchev–Trinajstić information content (AvgIpc) is 3.28. The number of nitrogens with zero attached hydrogens (tertiary/aromatic N) is 4. The number of amides is 2. The van der Waals surface area contributed by atoms with Crippen molar-refractivity contribution in [3.8, 4) is 17.0 Å². The van der Waals surface area contributed by atoms with E-state index in [1.165, 1.54) is 11.1 Å². The predicted octanol–water partition coefficient (Wildman–Crippen LogP) is 4.41. The lowest BCUT2D eigenvalue weighted by Crippen LogP contribution is -2.44. The lowest BCUT2D eigenvalue weighted by Gasteiger charge is -2.33. The Kier molecular flexibility index (Phi) is 7.07. The maximum absolute atomic E-state index is 13.6. The highest BCUT2D eigenvalue weighted by Crippen LogP contribution is 2.33. The van der Waals surface area contributed by atoms with E-state index in [9.17, 15) is 27.5 Å². The summed E-state index contributed by atoms with van der Waals surface area (Å²) in [5.74, 6) is -0.731. The Morgan fingerprint density at radius 1 is 1.18 bits per heavy atom. The number of phenols is 1. The third kappa shape index (κ3) is 5.61. The third-order valence-electron chi connectivity index (χ3n) is 6.58. The topological polar surface area (TPSA) is 94.8 Å². The van der Waals surface area contributed by atoms with E-state index in [2.05, 4.69) is 20.7 Å². The molecule has 3 heterocycles. The van der Waals surface area contributed by atoms with Gasteiger partial charge in [0.2, 0.25) is 0 Å². The molecule has 1 unspecified atom stereocenters. The number of para-hydroxylation sites is 1. The van der Waals surface area contributed by atoms with Gasteiger partial charge in [0.05, 0.1) is 11.3 Å². The van der Waals surface area contributed by atoms with Crippen LogP contribution in [0.2, 0.25) is 0 Å². The summed E-state index contributed by atoms with van der Waals surface area (Å²) in [6.07, 6.45) is -1.88. The number of urea groups is 1. The van der Waals surface area contributed by atoms with Gasteiger partial charge in [0.1, 0.15) is 25.2 Å². The van der Waals surface area contributed by atoms with Crippen molar-refractivity contribution in [3.05, 3.63) is 66.1 Å². The van der Waals surface area contributed by atoms with Gasteiger partial charge in [0.25, 0.3) is 0 Å². The number of piperidine rings is 1. The van der Waals surface area contributed by atoms with E-state index < -0.39 is 23.6 Å². The number of halogens is 4. The zero-order valence-corrected chi connectivity index (χ0v) is 20.5. The molecule has 2 radical (unpaired) electrons. The Labute approximate surface area is 222 Å². The van der Waals surface area contributed by atoms with Crippen LogP contribution in [0.15, 0.2) is 54.7 Å². The van der Waals surface area contributed by atoms with Crippen molar-refractivity contribution in [3.63, 3.8) is 0 Å². The Bertz CT molecular complexity index is 1530. The van der Waals surface area contributed by atoms with Crippen LogP contribution in [0.1, 0.15) is 18.4 Å². The number of hydrogen-bond acceptors (Lipinski definition) is 5. The molecule has 1 fully saturated rings. The van der Waals surface area contributed by atoms with Gasteiger partial charge in [0.15, 0.2) is 5.65 Å². The zero-order valence-electron chi connectivity index (χ0n) is 20.5. The molecule has 1 aliphatic rings. The Morgan fingerprint density at radius 2 is 1.97 bits per heavy atom. The van der Waals surface area contributed by atoms with Crippen LogP contribution in [0.5, 0.6) is 5.75 Å². The lowest BCUT2D eigenvalue weighted by molar-refractivity contribution is -0.139. The molecule has 3 N–H and O–H groups in total. The van der Waals surface area contributed by atoms with Crippen molar-refractivity contribution < 1.29 is 27.5 Å². The smallest absolute Gasteiger partial charge is 0.419 e. The van der Waals surface area contributed by atoms with Crippen LogP contribution in [0.25, 0.3) is 16.9 Å². The molecule has 1 atom stereocenters. The molecule has 39 heavy (non-hydrogen) atoms. The summed E-state index contributed by atoms with van der Waals surface area (Å²) < 4.78 is 54.3. The summed E-state index contributed by atoms with van der Waals surface area (Å²) >= 11 is 0. The van der Waals surface area contributed by atoms with Crippen LogP contribution in [0.3, 0.4) is 0 Å². The maximum atomic E-state index is 13.6. The second-order valence-corrected chi connectivity index (χ2v) is 9.34. The van der Waals surface area contributed by atoms with Crippen LogP contribution in [-0.2, 0) is 6.18 Å². The summed E-state index contributed by atoms with van der Waals surface area (Å²) in [7, 11) is 6.05. The molecule has 2 aromatic carbocycles. The normalized spacial score (nSPS) is 15.9. The van der Waals surface area contributed by atoms with Gasteiger partial charge in [-0.05, 0) is 54.6 Å². The van der Waals surface area contributed by atoms with Crippen molar-refractivity contribution in [2.45, 2.75) is 19.0 Å². The number of benzene rings is 2. The molecule has 2 amide bonds. The van der Waals surface area contributed by atoms with Crippen molar-refractivity contribution in [2.24, 2.45) is 5.92 Å². The second kappa shape index (κ2) is 10.5. The van der Waals surface area contributed by atoms with Gasteiger partial charge in [-0.15, -0.1) is 0 Å². The molecule has 2 aromatic heterocycles. The quantitative estimate of drug-likeness (QED) is 0.259. The van der Waals surface area contributed by atoms with Crippen LogP contribution >= 0.6 is 0 Å². The number of aromatic nitrogens is 3. The number of alkyl halides is 3. The van der Waals surface area contributed by atoms with Gasteiger partial charge in [-0.3, -0.25) is 0 Å². The Morgan fingerprint density at radius 3 is 2.74 bits per heavy atom. The summed E-state index contributed by atoms with van der Waals surface area (Å²) in [6, 6.07) is 10.3. The SMILES string of the molecule is [B]c1cnn2c(NCC3CCCN(C(=O)Nc4ccc(F)c(C(F)(F)F)c4)C3)cc(-c3ccccc3O)nc12. The molecule has 0 aliphatic carbocycles. The molecule has 0 bridgehead atoms. The first kappa shape index (κ1) is 26.3. The third-order valence-corrected chi connectivity index (χ3v) is 6.58. The molecule has 5 rings (SSSR count). The number of likely N-dealkylation sites (tertiary alicyclic amines) is 1. The van der Waals surface area contributed by atoms with E-state index in [1.54, 1.807) is 34.8 Å². The number of rotatable bonds is 5. The van der Waals surface area contributed by atoms with Gasteiger partial charge in [-0.25, -0.2) is 14.2 Å². The highest BCUT2D eigenvalue weighted by Gasteiger charge is 2.34. The fraction of sp³-hybridized carbons (Fsp3) is 0.269. The van der Waals surface area contributed by atoms with E-state index in [0.717, 1.165) is 12.5 Å². The van der Waals surface area contributed by atoms with Gasteiger partial charge < -0.3 is 20.6 Å². The molecule has 0 spiro atoms. The number of phenolic OH excluding ortho intramolecular Hbond substituents is 1. The van der Waals surface area contributed by atoms with Crippen LogP contribution in [0.4, 0.5) is 33.9 Å². The van der Waals surface area contributed by atoms with Crippen molar-refractivity contribution in [1.29, 1.82) is 0 Å². The molecule has 0 saturated carbocycles. The summed E-state index contributed by atoms with van der Waals surface area (Å²) in [4.78, 5) is 18.9. The highest BCUT2D eigenvalue weighted by molar-refractivity contribution is 6.36. The van der Waals surface area contributed by atoms with Gasteiger partial charge in [-0.2, -0.15) is 22.8 Å². The summed E-state index contributed by atoms with van der Waals surface area (Å²) in [5.41, 5.74) is 0.232. The average molecular weight is 538 g/mol. The molecular weight excluding hydrogens is 515 g/mol. The fourth-order valence-corrected chi connectivity index (χ4v) is 4.62. The van der Waals surface area contributed by atoms with Crippen LogP contribution < -0.4 is 16.1 Å². The van der Waals surface area contributed by atoms with Crippen molar-refractivity contribution in [2.75, 3.05) is 30.3 Å². The Balaban J connectivity index is 1.29. The molecule has 8 nitrogen and oxygen atoms in total. The minimum absolute atomic E-state index is 0.0214. The number of nitrogens with one attached hydrogen (secondary N) is 2. The van der Waals surface area contributed by atoms with Crippen molar-refractivity contribution in [1.82, 2.24) is 19.5 Å². The fourth-order valence-electron chi connectivity index (χ4n) is 4.62. The van der Waals surface area contributed by atoms with Gasteiger partial charge in [-0.1, -0.05) is 12.1 Å². The predicted molar refractivity (Wildman–Crippen MR) is 139 cm³/mol. The maximum Gasteiger partial charge on any atom is 0.419 e. The van der Waals surface area contributed by atoms with Crippen LogP contribution in [0, 0.1) is 11.7 Å². The minimum Gasteiger partial charge on any atom is -0.507 e. The number of fused-ring (bicyclic) bond motifs is 1. The zero-order chi connectivity index (χ0) is 27.7.